The second-order valence-electron chi connectivity index (χ2n) is 5.67. The van der Waals surface area contributed by atoms with E-state index < -0.39 is 74.6 Å². The van der Waals surface area contributed by atoms with Gasteiger partial charge in [0.2, 0.25) is 5.79 Å². The third-order valence-corrected chi connectivity index (χ3v) is 4.13. The van der Waals surface area contributed by atoms with Crippen LogP contribution in [0.5, 0.6) is 0 Å². The number of aliphatic hydroxyl groups excluding tert-OH is 7. The Morgan fingerprint density at radius 3 is 2.00 bits per heavy atom. The molecule has 146 valence electrons. The van der Waals surface area contributed by atoms with E-state index in [1.165, 1.54) is 0 Å². The third kappa shape index (κ3) is 4.62. The minimum absolute atomic E-state index is 0. The predicted molar refractivity (Wildman–Crippen MR) is 78.7 cm³/mol. The van der Waals surface area contributed by atoms with E-state index in [9.17, 15) is 30.6 Å². The molecule has 0 aliphatic carbocycles. The summed E-state index contributed by atoms with van der Waals surface area (Å²) < 4.78 is 15.5. The summed E-state index contributed by atoms with van der Waals surface area (Å²) in [6.45, 7) is -2.23. The summed E-state index contributed by atoms with van der Waals surface area (Å²) in [5, 5.41) is 76.3. The molecule has 0 unspecified atom stereocenters. The van der Waals surface area contributed by atoms with Gasteiger partial charge in [-0.15, -0.1) is 0 Å². The van der Waals surface area contributed by atoms with Gasteiger partial charge in [0.05, 0.1) is 6.61 Å². The van der Waals surface area contributed by atoms with E-state index in [2.05, 4.69) is 4.89 Å². The Morgan fingerprint density at radius 1 is 0.880 bits per heavy atom. The molecular formula is C12H24CaO12. The van der Waals surface area contributed by atoms with Gasteiger partial charge in [0, 0.05) is 0 Å². The van der Waals surface area contributed by atoms with Gasteiger partial charge in [-0.1, -0.05) is 0 Å². The van der Waals surface area contributed by atoms with Gasteiger partial charge in [-0.25, -0.2) is 4.89 Å². The molecule has 0 aromatic carbocycles. The maximum absolute atomic E-state index is 10.0. The summed E-state index contributed by atoms with van der Waals surface area (Å²) in [5.74, 6) is -2.24. The van der Waals surface area contributed by atoms with Crippen molar-refractivity contribution in [2.75, 3.05) is 19.8 Å². The number of hydrogen-bond acceptors (Lipinski definition) is 12. The first-order valence-electron chi connectivity index (χ1n) is 7.20. The van der Waals surface area contributed by atoms with Crippen LogP contribution in [0.25, 0.3) is 0 Å². The zero-order valence-electron chi connectivity index (χ0n) is 12.5. The molecule has 12 nitrogen and oxygen atoms in total. The van der Waals surface area contributed by atoms with Crippen molar-refractivity contribution in [2.45, 2.75) is 54.8 Å². The zero-order chi connectivity index (χ0) is 18.1. The molecule has 0 amide bonds. The monoisotopic (exact) mass is 400 g/mol. The van der Waals surface area contributed by atoms with Crippen molar-refractivity contribution in [2.24, 2.45) is 0 Å². The fourth-order valence-corrected chi connectivity index (χ4v) is 2.69. The Hall–Kier alpha value is 0.780. The molecule has 0 bridgehead atoms. The van der Waals surface area contributed by atoms with Crippen molar-refractivity contribution in [1.29, 1.82) is 0 Å². The summed E-state index contributed by atoms with van der Waals surface area (Å²) in [6.07, 6.45) is -12.8. The molecular weight excluding hydrogens is 376 g/mol. The van der Waals surface area contributed by atoms with Gasteiger partial charge >= 0.3 is 37.7 Å². The molecule has 2 fully saturated rings. The third-order valence-electron chi connectivity index (χ3n) is 4.13. The molecule has 2 aliphatic heterocycles. The predicted octanol–water partition coefficient (Wildman–Crippen LogP) is -5.81. The molecule has 0 saturated carbocycles. The molecule has 13 heteroatoms. The van der Waals surface area contributed by atoms with Crippen LogP contribution in [0.4, 0.5) is 0 Å². The quantitative estimate of drug-likeness (QED) is 0.119. The normalized spacial score (nSPS) is 47.5. The first-order chi connectivity index (χ1) is 11.3. The van der Waals surface area contributed by atoms with Crippen LogP contribution in [0.1, 0.15) is 0 Å². The molecule has 8 N–H and O–H groups in total. The molecule has 25 heavy (non-hydrogen) atoms. The van der Waals surface area contributed by atoms with Crippen LogP contribution in [0.2, 0.25) is 0 Å². The summed E-state index contributed by atoms with van der Waals surface area (Å²) >= 11 is 0. The van der Waals surface area contributed by atoms with Crippen molar-refractivity contribution in [3.63, 3.8) is 0 Å². The van der Waals surface area contributed by atoms with Crippen molar-refractivity contribution in [3.05, 3.63) is 0 Å². The van der Waals surface area contributed by atoms with E-state index in [1.807, 2.05) is 0 Å². The van der Waals surface area contributed by atoms with Crippen LogP contribution < -0.4 is 0 Å². The second-order valence-corrected chi connectivity index (χ2v) is 5.67. The average Bonchev–Trinajstić information content (AvgIpc) is 2.82. The van der Waals surface area contributed by atoms with E-state index in [0.717, 1.165) is 0 Å². The topological polar surface area (TPSA) is 199 Å². The van der Waals surface area contributed by atoms with E-state index in [0.29, 0.717) is 0 Å². The van der Waals surface area contributed by atoms with E-state index >= 15 is 0 Å². The van der Waals surface area contributed by atoms with Crippen LogP contribution in [-0.2, 0) is 19.1 Å². The van der Waals surface area contributed by atoms with Crippen molar-refractivity contribution < 1.29 is 60.1 Å². The second kappa shape index (κ2) is 9.82. The number of hydrogen-bond donors (Lipinski definition) is 8. The standard InChI is InChI=1S/C12H22O12.Ca.2H/c13-1-4-7(16)10(19)12(3-14,23-4)24-11-9(18)8(17)6(15)5(22-11)2-21-20;;;/h4-11,13-20H,1-3H2;;;/t4-,5-,6-,7-,8+,9-,10+,11-,12+;;;/m1.../s1. The summed E-state index contributed by atoms with van der Waals surface area (Å²) in [4.78, 5) is 3.84. The number of rotatable bonds is 6. The summed E-state index contributed by atoms with van der Waals surface area (Å²) in [7, 11) is 0. The zero-order valence-corrected chi connectivity index (χ0v) is 12.5. The van der Waals surface area contributed by atoms with Crippen molar-refractivity contribution in [3.8, 4) is 0 Å². The maximum atomic E-state index is 10.0. The van der Waals surface area contributed by atoms with Crippen LogP contribution >= 0.6 is 0 Å². The Labute approximate surface area is 172 Å². The van der Waals surface area contributed by atoms with Gasteiger partial charge in [0.15, 0.2) is 6.29 Å². The van der Waals surface area contributed by atoms with Gasteiger partial charge in [0.1, 0.15) is 55.9 Å². The number of aliphatic hydroxyl groups is 7. The summed E-state index contributed by atoms with van der Waals surface area (Å²) in [5.41, 5.74) is 0. The average molecular weight is 400 g/mol. The molecule has 0 aromatic rings. The fourth-order valence-electron chi connectivity index (χ4n) is 2.69. The summed E-state index contributed by atoms with van der Waals surface area (Å²) in [6, 6.07) is 0. The number of ether oxygens (including phenoxy) is 3. The molecule has 2 saturated heterocycles. The van der Waals surface area contributed by atoms with Gasteiger partial charge in [0.25, 0.3) is 0 Å². The van der Waals surface area contributed by atoms with Crippen LogP contribution in [0, 0.1) is 0 Å². The van der Waals surface area contributed by atoms with Crippen LogP contribution in [0.15, 0.2) is 0 Å². The minimum atomic E-state index is -2.24. The van der Waals surface area contributed by atoms with E-state index in [1.54, 1.807) is 0 Å². The first kappa shape index (κ1) is 23.8. The molecule has 9 atom stereocenters. The van der Waals surface area contributed by atoms with Gasteiger partial charge < -0.3 is 50.0 Å². The van der Waals surface area contributed by atoms with Crippen molar-refractivity contribution in [1.82, 2.24) is 0 Å². The fraction of sp³-hybridized carbons (Fsp3) is 1.00. The first-order valence-corrected chi connectivity index (χ1v) is 7.20. The van der Waals surface area contributed by atoms with Crippen molar-refractivity contribution >= 4 is 37.7 Å². The van der Waals surface area contributed by atoms with E-state index in [-0.39, 0.29) is 37.7 Å². The molecule has 2 heterocycles. The van der Waals surface area contributed by atoms with Crippen LogP contribution in [0.3, 0.4) is 0 Å². The van der Waals surface area contributed by atoms with Gasteiger partial charge in [-0.05, 0) is 0 Å². The Kier molecular flexibility index (Phi) is 9.35. The molecule has 0 aromatic heterocycles. The molecule has 2 aliphatic rings. The Balaban J connectivity index is 0.00000312. The van der Waals surface area contributed by atoms with Crippen LogP contribution in [-0.4, -0.2) is 153 Å². The molecule has 0 radical (unpaired) electrons. The van der Waals surface area contributed by atoms with E-state index in [4.69, 9.17) is 24.6 Å². The molecule has 0 spiro atoms. The van der Waals surface area contributed by atoms with Gasteiger partial charge in [-0.2, -0.15) is 0 Å². The molecule has 2 rings (SSSR count). The SMILES string of the molecule is OC[C@H]1O[C@@](CO)(O[C@H]2O[C@H](COO)[C@@H](O)[C@H](O)[C@H]2O)[C@@H](O)[C@@H]1O.[CaH2]. The van der Waals surface area contributed by atoms with Gasteiger partial charge in [-0.3, -0.25) is 5.26 Å². The Bertz CT molecular complexity index is 416. The Morgan fingerprint density at radius 2 is 1.52 bits per heavy atom.